The molecule has 5 nitrogen and oxygen atoms in total. The first kappa shape index (κ1) is 22.0. The lowest BCUT2D eigenvalue weighted by Crippen LogP contribution is -2.04. The molecule has 0 atom stereocenters. The van der Waals surface area contributed by atoms with Crippen LogP contribution in [0.4, 0.5) is 0 Å². The fourth-order valence-corrected chi connectivity index (χ4v) is 3.47. The second-order valence-corrected chi connectivity index (χ2v) is 7.40. The van der Waals surface area contributed by atoms with Gasteiger partial charge >= 0.3 is 0 Å². The Hall–Kier alpha value is -2.65. The van der Waals surface area contributed by atoms with Gasteiger partial charge in [0.15, 0.2) is 6.61 Å². The SMILES string of the molecule is Cc1cc(Cl)cc(COCCCCOCc2ccc3ccccc3n2)c1OCC#N. The third-order valence-electron chi connectivity index (χ3n) is 4.59. The Morgan fingerprint density at radius 2 is 1.77 bits per heavy atom. The minimum atomic E-state index is -0.00111. The van der Waals surface area contributed by atoms with Crippen LogP contribution in [0.2, 0.25) is 5.02 Å². The van der Waals surface area contributed by atoms with Crippen LogP contribution in [0.5, 0.6) is 5.75 Å². The zero-order valence-electron chi connectivity index (χ0n) is 17.1. The highest BCUT2D eigenvalue weighted by molar-refractivity contribution is 6.30. The standard InChI is InChI=1S/C24H25ClN2O3/c1-18-14-21(25)15-20(24(18)30-13-10-26)16-28-11-4-5-12-29-17-22-9-8-19-6-2-3-7-23(19)27-22/h2-3,6-9,14-15H,4-5,11-13,16-17H2,1H3. The number of pyridine rings is 1. The van der Waals surface area contributed by atoms with Crippen LogP contribution >= 0.6 is 11.6 Å². The van der Waals surface area contributed by atoms with E-state index in [9.17, 15) is 0 Å². The fourth-order valence-electron chi connectivity index (χ4n) is 3.17. The number of hydrogen-bond donors (Lipinski definition) is 0. The van der Waals surface area contributed by atoms with E-state index in [2.05, 4.69) is 17.1 Å². The third kappa shape index (κ3) is 6.43. The van der Waals surface area contributed by atoms with Crippen molar-refractivity contribution in [2.45, 2.75) is 33.0 Å². The molecule has 0 saturated heterocycles. The number of nitriles is 1. The molecule has 3 rings (SSSR count). The second-order valence-electron chi connectivity index (χ2n) is 6.97. The van der Waals surface area contributed by atoms with Gasteiger partial charge in [-0.3, -0.25) is 4.98 Å². The first-order valence-corrected chi connectivity index (χ1v) is 10.3. The molecule has 0 amide bonds. The van der Waals surface area contributed by atoms with Crippen molar-refractivity contribution in [2.75, 3.05) is 19.8 Å². The predicted octanol–water partition coefficient (Wildman–Crippen LogP) is 5.61. The van der Waals surface area contributed by atoms with Gasteiger partial charge in [0.05, 0.1) is 24.4 Å². The number of aryl methyl sites for hydroxylation is 1. The molecule has 0 radical (unpaired) electrons. The Morgan fingerprint density at radius 3 is 2.57 bits per heavy atom. The van der Waals surface area contributed by atoms with Gasteiger partial charge in [-0.05, 0) is 49.6 Å². The summed E-state index contributed by atoms with van der Waals surface area (Å²) >= 11 is 6.14. The van der Waals surface area contributed by atoms with E-state index < -0.39 is 0 Å². The molecule has 0 aliphatic carbocycles. The maximum Gasteiger partial charge on any atom is 0.174 e. The van der Waals surface area contributed by atoms with Crippen LogP contribution in [-0.2, 0) is 22.7 Å². The van der Waals surface area contributed by atoms with Crippen LogP contribution < -0.4 is 4.74 Å². The summed E-state index contributed by atoms with van der Waals surface area (Å²) in [6, 6.07) is 17.8. The highest BCUT2D eigenvalue weighted by atomic mass is 35.5. The lowest BCUT2D eigenvalue weighted by molar-refractivity contribution is 0.0879. The molecule has 0 N–H and O–H groups in total. The Morgan fingerprint density at radius 1 is 1.00 bits per heavy atom. The number of rotatable bonds is 11. The average molecular weight is 425 g/mol. The van der Waals surface area contributed by atoms with Crippen molar-refractivity contribution < 1.29 is 14.2 Å². The largest absolute Gasteiger partial charge is 0.478 e. The van der Waals surface area contributed by atoms with Gasteiger partial charge in [-0.1, -0.05) is 35.9 Å². The van der Waals surface area contributed by atoms with E-state index in [-0.39, 0.29) is 6.61 Å². The molecule has 0 unspecified atom stereocenters. The van der Waals surface area contributed by atoms with E-state index in [4.69, 9.17) is 31.1 Å². The average Bonchev–Trinajstić information content (AvgIpc) is 2.74. The topological polar surface area (TPSA) is 64.4 Å². The number of ether oxygens (including phenoxy) is 3. The number of aromatic nitrogens is 1. The van der Waals surface area contributed by atoms with Crippen LogP contribution in [-0.4, -0.2) is 24.8 Å². The molecule has 0 bridgehead atoms. The minimum absolute atomic E-state index is 0.00111. The number of benzene rings is 2. The van der Waals surface area contributed by atoms with E-state index in [0.717, 1.165) is 40.6 Å². The van der Waals surface area contributed by atoms with Crippen molar-refractivity contribution >= 4 is 22.5 Å². The summed E-state index contributed by atoms with van der Waals surface area (Å²) in [6.07, 6.45) is 1.79. The first-order chi connectivity index (χ1) is 14.7. The van der Waals surface area contributed by atoms with Gasteiger partial charge in [0.1, 0.15) is 11.8 Å². The summed E-state index contributed by atoms with van der Waals surface area (Å²) in [4.78, 5) is 4.61. The number of halogens is 1. The molecule has 0 fully saturated rings. The number of unbranched alkanes of at least 4 members (excludes halogenated alkanes) is 1. The summed E-state index contributed by atoms with van der Waals surface area (Å²) in [5.74, 6) is 0.673. The van der Waals surface area contributed by atoms with Crippen LogP contribution in [0.3, 0.4) is 0 Å². The van der Waals surface area contributed by atoms with Crippen molar-refractivity contribution in [1.82, 2.24) is 4.98 Å². The summed E-state index contributed by atoms with van der Waals surface area (Å²) in [5, 5.41) is 10.5. The Balaban J connectivity index is 1.35. The molecule has 0 aliphatic heterocycles. The van der Waals surface area contributed by atoms with Crippen molar-refractivity contribution in [3.05, 3.63) is 70.4 Å². The van der Waals surface area contributed by atoms with Gasteiger partial charge in [0.2, 0.25) is 0 Å². The number of fused-ring (bicyclic) bond motifs is 1. The normalized spacial score (nSPS) is 10.8. The number of hydrogen-bond acceptors (Lipinski definition) is 5. The molecule has 0 saturated carbocycles. The molecule has 0 spiro atoms. The van der Waals surface area contributed by atoms with Gasteiger partial charge in [0.25, 0.3) is 0 Å². The molecular formula is C24H25ClN2O3. The maximum atomic E-state index is 8.75. The predicted molar refractivity (Wildman–Crippen MR) is 118 cm³/mol. The van der Waals surface area contributed by atoms with E-state index in [0.29, 0.717) is 37.2 Å². The molecule has 3 aromatic rings. The molecule has 2 aromatic carbocycles. The number of para-hydroxylation sites is 1. The van der Waals surface area contributed by atoms with E-state index in [1.807, 2.05) is 49.4 Å². The molecular weight excluding hydrogens is 400 g/mol. The molecule has 1 heterocycles. The van der Waals surface area contributed by atoms with Crippen molar-refractivity contribution in [2.24, 2.45) is 0 Å². The summed E-state index contributed by atoms with van der Waals surface area (Å²) in [6.45, 7) is 4.07. The number of nitrogens with zero attached hydrogens (tertiary/aromatic N) is 2. The van der Waals surface area contributed by atoms with Crippen LogP contribution in [0, 0.1) is 18.3 Å². The van der Waals surface area contributed by atoms with Crippen molar-refractivity contribution in [1.29, 1.82) is 5.26 Å². The zero-order valence-corrected chi connectivity index (χ0v) is 17.8. The second kappa shape index (κ2) is 11.5. The fraction of sp³-hybridized carbons (Fsp3) is 0.333. The third-order valence-corrected chi connectivity index (χ3v) is 4.81. The smallest absolute Gasteiger partial charge is 0.174 e. The van der Waals surface area contributed by atoms with Gasteiger partial charge in [-0.2, -0.15) is 5.26 Å². The quantitative estimate of drug-likeness (QED) is 0.374. The summed E-state index contributed by atoms with van der Waals surface area (Å²) in [7, 11) is 0. The van der Waals surface area contributed by atoms with Crippen molar-refractivity contribution in [3.8, 4) is 11.8 Å². The minimum Gasteiger partial charge on any atom is -0.478 e. The molecule has 1 aromatic heterocycles. The van der Waals surface area contributed by atoms with Crippen LogP contribution in [0.25, 0.3) is 10.9 Å². The zero-order chi connectivity index (χ0) is 21.2. The summed E-state index contributed by atoms with van der Waals surface area (Å²) in [5.41, 5.74) is 3.67. The van der Waals surface area contributed by atoms with Crippen LogP contribution in [0.1, 0.15) is 29.7 Å². The van der Waals surface area contributed by atoms with Gasteiger partial charge in [-0.15, -0.1) is 0 Å². The Kier molecular flexibility index (Phi) is 8.46. The van der Waals surface area contributed by atoms with E-state index >= 15 is 0 Å². The highest BCUT2D eigenvalue weighted by Gasteiger charge is 2.09. The molecule has 6 heteroatoms. The maximum absolute atomic E-state index is 8.75. The summed E-state index contributed by atoms with van der Waals surface area (Å²) < 4.78 is 17.0. The first-order valence-electron chi connectivity index (χ1n) is 9.96. The van der Waals surface area contributed by atoms with Crippen LogP contribution in [0.15, 0.2) is 48.5 Å². The molecule has 30 heavy (non-hydrogen) atoms. The van der Waals surface area contributed by atoms with E-state index in [1.165, 1.54) is 0 Å². The van der Waals surface area contributed by atoms with E-state index in [1.54, 1.807) is 0 Å². The lowest BCUT2D eigenvalue weighted by atomic mass is 10.1. The van der Waals surface area contributed by atoms with Crippen molar-refractivity contribution in [3.63, 3.8) is 0 Å². The molecule has 0 aliphatic rings. The van der Waals surface area contributed by atoms with Gasteiger partial charge in [-0.25, -0.2) is 0 Å². The Bertz CT molecular complexity index is 1020. The lowest BCUT2D eigenvalue weighted by Gasteiger charge is -2.13. The van der Waals surface area contributed by atoms with Gasteiger partial charge < -0.3 is 14.2 Å². The molecule has 156 valence electrons. The monoisotopic (exact) mass is 424 g/mol. The highest BCUT2D eigenvalue weighted by Crippen LogP contribution is 2.28. The Labute approximate surface area is 182 Å². The van der Waals surface area contributed by atoms with Gasteiger partial charge in [0, 0.05) is 29.2 Å².